The zero-order chi connectivity index (χ0) is 16.4. The summed E-state index contributed by atoms with van der Waals surface area (Å²) in [6.07, 6.45) is -4.76. The minimum atomic E-state index is -4.36. The van der Waals surface area contributed by atoms with Crippen molar-refractivity contribution < 1.29 is 22.4 Å². The quantitative estimate of drug-likeness (QED) is 0.867. The first-order valence-corrected chi connectivity index (χ1v) is 7.22. The van der Waals surface area contributed by atoms with Crippen molar-refractivity contribution in [2.24, 2.45) is 0 Å². The summed E-state index contributed by atoms with van der Waals surface area (Å²) in [6.45, 7) is 3.77. The molecule has 1 aromatic heterocycles. The van der Waals surface area contributed by atoms with Crippen molar-refractivity contribution in [3.8, 4) is 0 Å². The highest BCUT2D eigenvalue weighted by Gasteiger charge is 2.32. The summed E-state index contributed by atoms with van der Waals surface area (Å²) in [4.78, 5) is 6.17. The van der Waals surface area contributed by atoms with E-state index in [2.05, 4.69) is 10.1 Å². The molecule has 1 fully saturated rings. The smallest absolute Gasteiger partial charge is 0.371 e. The van der Waals surface area contributed by atoms with Gasteiger partial charge in [0.15, 0.2) is 5.82 Å². The lowest BCUT2D eigenvalue weighted by Crippen LogP contribution is -2.38. The van der Waals surface area contributed by atoms with Gasteiger partial charge in [-0.3, -0.25) is 4.90 Å². The average molecular weight is 327 g/mol. The van der Waals surface area contributed by atoms with E-state index in [0.29, 0.717) is 43.5 Å². The largest absolute Gasteiger partial charge is 0.416 e. The van der Waals surface area contributed by atoms with Crippen LogP contribution in [0.4, 0.5) is 13.2 Å². The average Bonchev–Trinajstić information content (AvgIpc) is 2.92. The topological polar surface area (TPSA) is 51.4 Å². The van der Waals surface area contributed by atoms with Crippen LogP contribution < -0.4 is 0 Å². The van der Waals surface area contributed by atoms with Crippen LogP contribution in [0.1, 0.15) is 28.9 Å². The van der Waals surface area contributed by atoms with Gasteiger partial charge in [0.05, 0.1) is 24.8 Å². The van der Waals surface area contributed by atoms with Gasteiger partial charge in [0.25, 0.3) is 0 Å². The van der Waals surface area contributed by atoms with E-state index < -0.39 is 17.8 Å². The van der Waals surface area contributed by atoms with E-state index in [4.69, 9.17) is 9.26 Å². The Morgan fingerprint density at radius 3 is 2.87 bits per heavy atom. The van der Waals surface area contributed by atoms with Gasteiger partial charge in [0.1, 0.15) is 0 Å². The molecule has 8 heteroatoms. The highest BCUT2D eigenvalue weighted by molar-refractivity contribution is 5.27. The molecular weight excluding hydrogens is 311 g/mol. The Labute approximate surface area is 131 Å². The number of nitrogens with zero attached hydrogens (tertiary/aromatic N) is 3. The Bertz CT molecular complexity index is 672. The second-order valence-electron chi connectivity index (χ2n) is 5.45. The molecule has 0 amide bonds. The minimum absolute atomic E-state index is 0.407. The van der Waals surface area contributed by atoms with E-state index in [1.54, 1.807) is 13.0 Å². The minimum Gasteiger partial charge on any atom is -0.371 e. The molecule has 0 spiro atoms. The molecule has 0 unspecified atom stereocenters. The number of hydrogen-bond donors (Lipinski definition) is 0. The number of rotatable bonds is 3. The van der Waals surface area contributed by atoms with Crippen LogP contribution in [-0.4, -0.2) is 34.7 Å². The van der Waals surface area contributed by atoms with Crippen molar-refractivity contribution in [2.45, 2.75) is 25.7 Å². The fourth-order valence-electron chi connectivity index (χ4n) is 2.56. The maximum Gasteiger partial charge on any atom is 0.416 e. The van der Waals surface area contributed by atoms with Crippen LogP contribution in [0, 0.1) is 6.92 Å². The van der Waals surface area contributed by atoms with Crippen molar-refractivity contribution in [1.29, 1.82) is 0 Å². The normalized spacial score (nSPS) is 19.9. The standard InChI is InChI=1S/C15H16F3N3O2/c1-10-19-14(23-20-10)9-21-5-6-22-13(8-21)11-3-2-4-12(7-11)15(16,17)18/h2-4,7,13H,5-6,8-9H2,1H3/t13-/m1/s1. The molecule has 23 heavy (non-hydrogen) atoms. The molecule has 5 nitrogen and oxygen atoms in total. The van der Waals surface area contributed by atoms with Crippen LogP contribution >= 0.6 is 0 Å². The van der Waals surface area contributed by atoms with Gasteiger partial charge in [-0.15, -0.1) is 0 Å². The molecule has 1 aromatic carbocycles. The number of morpholine rings is 1. The number of alkyl halides is 3. The van der Waals surface area contributed by atoms with E-state index in [9.17, 15) is 13.2 Å². The molecule has 124 valence electrons. The number of ether oxygens (including phenoxy) is 1. The van der Waals surface area contributed by atoms with Crippen molar-refractivity contribution in [2.75, 3.05) is 19.7 Å². The molecule has 0 N–H and O–H groups in total. The third-order valence-corrected chi connectivity index (χ3v) is 3.66. The Morgan fingerprint density at radius 1 is 1.35 bits per heavy atom. The lowest BCUT2D eigenvalue weighted by Gasteiger charge is -2.32. The molecule has 0 aliphatic carbocycles. The van der Waals surface area contributed by atoms with Gasteiger partial charge in [0, 0.05) is 13.1 Å². The Hall–Kier alpha value is -1.93. The first kappa shape index (κ1) is 15.9. The summed E-state index contributed by atoms with van der Waals surface area (Å²) in [5.74, 6) is 1.05. The highest BCUT2D eigenvalue weighted by Crippen LogP contribution is 2.32. The summed E-state index contributed by atoms with van der Waals surface area (Å²) in [5.41, 5.74) is -0.144. The number of hydrogen-bond acceptors (Lipinski definition) is 5. The van der Waals surface area contributed by atoms with Crippen molar-refractivity contribution in [1.82, 2.24) is 15.0 Å². The summed E-state index contributed by atoms with van der Waals surface area (Å²) in [7, 11) is 0. The molecule has 1 atom stereocenters. The van der Waals surface area contributed by atoms with E-state index in [-0.39, 0.29) is 0 Å². The molecule has 0 bridgehead atoms. The highest BCUT2D eigenvalue weighted by atomic mass is 19.4. The van der Waals surface area contributed by atoms with E-state index in [0.717, 1.165) is 12.1 Å². The van der Waals surface area contributed by atoms with Gasteiger partial charge in [-0.25, -0.2) is 0 Å². The molecule has 3 rings (SSSR count). The summed E-state index contributed by atoms with van der Waals surface area (Å²) >= 11 is 0. The molecule has 1 aliphatic rings. The van der Waals surface area contributed by atoms with Crippen molar-refractivity contribution in [3.05, 3.63) is 47.1 Å². The molecule has 2 aromatic rings. The summed E-state index contributed by atoms with van der Waals surface area (Å²) < 4.78 is 49.2. The third kappa shape index (κ3) is 3.89. The van der Waals surface area contributed by atoms with E-state index >= 15 is 0 Å². The van der Waals surface area contributed by atoms with Gasteiger partial charge in [-0.2, -0.15) is 18.2 Å². The second-order valence-corrected chi connectivity index (χ2v) is 5.45. The van der Waals surface area contributed by atoms with Crippen LogP contribution in [0.2, 0.25) is 0 Å². The number of benzene rings is 1. The van der Waals surface area contributed by atoms with Crippen LogP contribution in [0.15, 0.2) is 28.8 Å². The first-order chi connectivity index (χ1) is 10.9. The molecule has 0 saturated carbocycles. The Kier molecular flexibility index (Phi) is 4.36. The van der Waals surface area contributed by atoms with Gasteiger partial charge >= 0.3 is 6.18 Å². The lowest BCUT2D eigenvalue weighted by molar-refractivity contribution is -0.137. The number of halogens is 3. The molecule has 1 saturated heterocycles. The number of aromatic nitrogens is 2. The Balaban J connectivity index is 1.71. The van der Waals surface area contributed by atoms with Gasteiger partial charge in [-0.1, -0.05) is 17.3 Å². The zero-order valence-electron chi connectivity index (χ0n) is 12.5. The summed E-state index contributed by atoms with van der Waals surface area (Å²) in [6, 6.07) is 5.26. The predicted molar refractivity (Wildman–Crippen MR) is 74.4 cm³/mol. The van der Waals surface area contributed by atoms with Gasteiger partial charge < -0.3 is 9.26 Å². The first-order valence-electron chi connectivity index (χ1n) is 7.22. The molecule has 2 heterocycles. The third-order valence-electron chi connectivity index (χ3n) is 3.66. The van der Waals surface area contributed by atoms with Gasteiger partial charge in [-0.05, 0) is 24.6 Å². The van der Waals surface area contributed by atoms with Crippen LogP contribution in [0.5, 0.6) is 0 Å². The molecule has 0 radical (unpaired) electrons. The Morgan fingerprint density at radius 2 is 2.17 bits per heavy atom. The van der Waals surface area contributed by atoms with Crippen LogP contribution in [0.25, 0.3) is 0 Å². The SMILES string of the molecule is Cc1noc(CN2CCO[C@@H](c3cccc(C(F)(F)F)c3)C2)n1. The predicted octanol–water partition coefficient (Wildman–Crippen LogP) is 2.97. The van der Waals surface area contributed by atoms with Gasteiger partial charge in [0.2, 0.25) is 5.89 Å². The van der Waals surface area contributed by atoms with Crippen LogP contribution in [0.3, 0.4) is 0 Å². The maximum absolute atomic E-state index is 12.8. The van der Waals surface area contributed by atoms with Crippen molar-refractivity contribution in [3.63, 3.8) is 0 Å². The van der Waals surface area contributed by atoms with Crippen LogP contribution in [-0.2, 0) is 17.5 Å². The molecule has 1 aliphatic heterocycles. The fraction of sp³-hybridized carbons (Fsp3) is 0.467. The number of aryl methyl sites for hydroxylation is 1. The fourth-order valence-corrected chi connectivity index (χ4v) is 2.56. The maximum atomic E-state index is 12.8. The van der Waals surface area contributed by atoms with E-state index in [1.807, 2.05) is 4.90 Å². The van der Waals surface area contributed by atoms with Crippen molar-refractivity contribution >= 4 is 0 Å². The zero-order valence-corrected chi connectivity index (χ0v) is 12.5. The van der Waals surface area contributed by atoms with E-state index in [1.165, 1.54) is 6.07 Å². The molecular formula is C15H16F3N3O2. The second kappa shape index (κ2) is 6.29. The monoisotopic (exact) mass is 327 g/mol. The lowest BCUT2D eigenvalue weighted by atomic mass is 10.0. The summed E-state index contributed by atoms with van der Waals surface area (Å²) in [5, 5.41) is 3.73.